The average molecular weight is 1100 g/mol. The van der Waals surface area contributed by atoms with E-state index in [1.54, 1.807) is 9.80 Å². The van der Waals surface area contributed by atoms with Crippen molar-refractivity contribution in [2.45, 2.75) is 213 Å². The van der Waals surface area contributed by atoms with Crippen LogP contribution in [-0.4, -0.2) is 133 Å². The summed E-state index contributed by atoms with van der Waals surface area (Å²) >= 11 is 0. The SMILES string of the molecule is C.CC(C)(C)OC(=O)N1CCC[C@@H]1CN=C=O.CC(C)(C)OC(=O)N1CCC[C@@H]1CNC(=O)N[C@@H](Cc1ccccc1)B1O[C@@H]2C[C@@H]3C[C@@H](C3(C)C)[C@]2(C)O1.CC1(C)[C@@H]2C[C@H]3OB([C@@H](N)Cc4ccccc4)O[C@@]3(C)[C@H]1C2.Cl. The van der Waals surface area contributed by atoms with Gasteiger partial charge >= 0.3 is 32.5 Å². The predicted octanol–water partition coefficient (Wildman–Crippen LogP) is 10.2. The first-order valence-corrected chi connectivity index (χ1v) is 28.3. The van der Waals surface area contributed by atoms with Gasteiger partial charge < -0.3 is 54.3 Å². The summed E-state index contributed by atoms with van der Waals surface area (Å²) in [4.78, 5) is 54.6. The molecule has 4 bridgehead atoms. The van der Waals surface area contributed by atoms with Crippen LogP contribution in [0, 0.1) is 34.5 Å². The molecule has 12 rings (SSSR count). The molecule has 2 aromatic rings. The molecular weight excluding hydrogens is 1010 g/mol. The number of hydrogen-bond acceptors (Lipinski definition) is 12. The maximum atomic E-state index is 13.2. The standard InChI is InChI=1S/C29H44BN3O5.C18H26BNO2.C11H18N2O3.CH4.ClH/c1-27(2,3)36-26(35)33-14-10-13-21(33)18-31-25(34)32-24(15-19-11-8-7-9-12-19)30-37-23-17-20-16-22(28(20,4)5)29(23,6)38-30;1-17(2)13-10-14(17)18(3)15(11-13)21-19(22-18)16(20)9-12-7-5-4-6-8-12;1-11(2,3)16-10(15)13-6-4-5-9(13)7-12-8-14;;/h7-9,11-12,20-24H,10,13-18H2,1-6H3,(H2,31,32,34);4-8,13-16H,9-11,20H2,1-3H3;9H,4-7H2,1-3H3;1H4;1H/t20-,21+,22-,23+,24-,29-;13-,14-,15+,16-,18-;9-;;/m001../s1. The maximum Gasteiger partial charge on any atom is 0.482 e. The highest BCUT2D eigenvalue weighted by atomic mass is 35.5. The number of nitrogens with one attached hydrogen (secondary N) is 2. The average Bonchev–Trinajstić information content (AvgIpc) is 4.17. The third kappa shape index (κ3) is 13.9. The molecule has 19 heteroatoms. The van der Waals surface area contributed by atoms with Crippen molar-refractivity contribution in [2.75, 3.05) is 26.2 Å². The zero-order valence-corrected chi connectivity index (χ0v) is 48.8. The second-order valence-corrected chi connectivity index (χ2v) is 26.5. The topological polar surface area (TPSA) is 193 Å². The smallest absolute Gasteiger partial charge is 0.444 e. The molecule has 4 N–H and O–H groups in total. The van der Waals surface area contributed by atoms with E-state index in [4.69, 9.17) is 33.8 Å². The van der Waals surface area contributed by atoms with Crippen molar-refractivity contribution in [1.29, 1.82) is 0 Å². The number of urea groups is 1. The van der Waals surface area contributed by atoms with Crippen LogP contribution in [0.1, 0.15) is 153 Å². The van der Waals surface area contributed by atoms with Gasteiger partial charge in [0.15, 0.2) is 0 Å². The summed E-state index contributed by atoms with van der Waals surface area (Å²) < 4.78 is 36.8. The Labute approximate surface area is 473 Å². The molecule has 0 unspecified atom stereocenters. The fourth-order valence-electron chi connectivity index (χ4n) is 14.0. The fraction of sp³-hybridized carbons (Fsp3) is 0.729. The normalized spacial score (nSPS) is 31.2. The molecule has 4 aliphatic heterocycles. The van der Waals surface area contributed by atoms with Gasteiger partial charge in [0.2, 0.25) is 6.08 Å². The Balaban J connectivity index is 0.000000208. The molecule has 16 nitrogen and oxygen atoms in total. The Bertz CT molecular complexity index is 2390. The Kier molecular flexibility index (Phi) is 20.1. The van der Waals surface area contributed by atoms with Crippen molar-refractivity contribution >= 4 is 50.9 Å². The van der Waals surface area contributed by atoms with Gasteiger partial charge in [0.1, 0.15) is 11.2 Å². The highest BCUT2D eigenvalue weighted by molar-refractivity contribution is 6.48. The van der Waals surface area contributed by atoms with Crippen molar-refractivity contribution < 1.29 is 47.3 Å². The molecule has 4 heterocycles. The Hall–Kier alpha value is -4.15. The zero-order valence-electron chi connectivity index (χ0n) is 48.0. The summed E-state index contributed by atoms with van der Waals surface area (Å²) in [5.74, 6) is 2.05. The molecule has 0 spiro atoms. The molecule has 432 valence electrons. The van der Waals surface area contributed by atoms with Gasteiger partial charge in [0, 0.05) is 25.6 Å². The number of hydrogen-bond donors (Lipinski definition) is 3. The molecule has 0 aromatic heterocycles. The van der Waals surface area contributed by atoms with Gasteiger partial charge in [0.25, 0.3) is 0 Å². The van der Waals surface area contributed by atoms with Crippen LogP contribution < -0.4 is 16.4 Å². The van der Waals surface area contributed by atoms with Crippen LogP contribution in [-0.2, 0) is 45.7 Å². The third-order valence-corrected chi connectivity index (χ3v) is 18.4. The number of carbonyl (C=O) groups excluding carboxylic acids is 4. The van der Waals surface area contributed by atoms with Crippen LogP contribution in [0.5, 0.6) is 0 Å². The molecule has 12 atom stereocenters. The number of carbonyl (C=O) groups is 3. The molecule has 10 aliphatic rings. The maximum absolute atomic E-state index is 13.2. The van der Waals surface area contributed by atoms with E-state index in [0.717, 1.165) is 56.4 Å². The number of halogens is 1. The van der Waals surface area contributed by atoms with E-state index in [1.807, 2.05) is 65.8 Å². The number of nitrogens with two attached hydrogens (primary N) is 1. The summed E-state index contributed by atoms with van der Waals surface area (Å²) in [7, 11) is -0.791. The number of likely N-dealkylation sites (tertiary alicyclic amines) is 2. The molecule has 4 saturated heterocycles. The van der Waals surface area contributed by atoms with E-state index >= 15 is 0 Å². The van der Waals surface area contributed by atoms with Gasteiger partial charge in [-0.2, -0.15) is 0 Å². The predicted molar refractivity (Wildman–Crippen MR) is 308 cm³/mol. The lowest BCUT2D eigenvalue weighted by molar-refractivity contribution is -0.199. The van der Waals surface area contributed by atoms with E-state index in [9.17, 15) is 19.2 Å². The monoisotopic (exact) mass is 1100 g/mol. The number of ether oxygens (including phenoxy) is 2. The first-order valence-electron chi connectivity index (χ1n) is 28.3. The molecule has 0 radical (unpaired) electrons. The van der Waals surface area contributed by atoms with Gasteiger partial charge in [-0.1, -0.05) is 95.8 Å². The Morgan fingerprint density at radius 3 is 1.64 bits per heavy atom. The van der Waals surface area contributed by atoms with E-state index in [0.29, 0.717) is 55.8 Å². The molecular formula is C59H93B2ClN6O10. The molecule has 6 aliphatic carbocycles. The number of aliphatic imine (C=N–C) groups is 1. The summed E-state index contributed by atoms with van der Waals surface area (Å²) in [5.41, 5.74) is 7.86. The van der Waals surface area contributed by atoms with E-state index in [1.165, 1.54) is 24.5 Å². The van der Waals surface area contributed by atoms with Gasteiger partial charge in [-0.15, -0.1) is 12.4 Å². The van der Waals surface area contributed by atoms with E-state index in [-0.39, 0.29) is 98.0 Å². The second-order valence-electron chi connectivity index (χ2n) is 26.5. The quantitative estimate of drug-likeness (QED) is 0.110. The van der Waals surface area contributed by atoms with Gasteiger partial charge in [-0.25, -0.2) is 24.2 Å². The second kappa shape index (κ2) is 24.9. The lowest BCUT2D eigenvalue weighted by Crippen LogP contribution is -2.65. The first-order chi connectivity index (χ1) is 35.7. The molecule has 2 aromatic carbocycles. The minimum atomic E-state index is -0.551. The Morgan fingerprint density at radius 2 is 1.17 bits per heavy atom. The van der Waals surface area contributed by atoms with Crippen LogP contribution in [0.3, 0.4) is 0 Å². The number of isocyanates is 1. The minimum absolute atomic E-state index is 0. The van der Waals surface area contributed by atoms with Crippen molar-refractivity contribution in [3.63, 3.8) is 0 Å². The summed E-state index contributed by atoms with van der Waals surface area (Å²) in [6.45, 7) is 27.0. The van der Waals surface area contributed by atoms with Gasteiger partial charge in [0.05, 0.1) is 48.0 Å². The summed E-state index contributed by atoms with van der Waals surface area (Å²) in [6, 6.07) is 20.1. The molecule has 10 fully saturated rings. The van der Waals surface area contributed by atoms with Crippen LogP contribution in [0.15, 0.2) is 65.7 Å². The minimum Gasteiger partial charge on any atom is -0.444 e. The fourth-order valence-corrected chi connectivity index (χ4v) is 14.0. The van der Waals surface area contributed by atoms with Crippen molar-refractivity contribution in [3.8, 4) is 0 Å². The number of nitrogens with zero attached hydrogens (tertiary/aromatic N) is 3. The highest BCUT2D eigenvalue weighted by Gasteiger charge is 2.70. The number of rotatable bonds is 11. The van der Waals surface area contributed by atoms with Crippen LogP contribution in [0.4, 0.5) is 14.4 Å². The van der Waals surface area contributed by atoms with Crippen molar-refractivity contribution in [1.82, 2.24) is 20.4 Å². The molecule has 4 amide bonds. The Morgan fingerprint density at radius 1 is 0.718 bits per heavy atom. The van der Waals surface area contributed by atoms with Crippen LogP contribution >= 0.6 is 12.4 Å². The zero-order chi connectivity index (χ0) is 55.0. The van der Waals surface area contributed by atoms with Crippen LogP contribution in [0.2, 0.25) is 0 Å². The largest absolute Gasteiger partial charge is 0.482 e. The number of benzene rings is 2. The summed E-state index contributed by atoms with van der Waals surface area (Å²) in [5, 5.41) is 6.16. The number of amides is 4. The highest BCUT2D eigenvalue weighted by Crippen LogP contribution is 2.67. The molecule has 6 saturated carbocycles. The molecule has 78 heavy (non-hydrogen) atoms. The van der Waals surface area contributed by atoms with E-state index in [2.05, 4.69) is 93.6 Å². The summed E-state index contributed by atoms with van der Waals surface area (Å²) in [6.07, 6.45) is 10.6. The van der Waals surface area contributed by atoms with Crippen LogP contribution in [0.25, 0.3) is 0 Å². The lowest BCUT2D eigenvalue weighted by atomic mass is 9.43. The third-order valence-electron chi connectivity index (χ3n) is 18.4. The van der Waals surface area contributed by atoms with Crippen molar-refractivity contribution in [2.24, 2.45) is 45.2 Å². The lowest BCUT2D eigenvalue weighted by Gasteiger charge is -2.64. The van der Waals surface area contributed by atoms with Gasteiger partial charge in [-0.3, -0.25) is 0 Å². The first kappa shape index (κ1) is 63.0. The van der Waals surface area contributed by atoms with Gasteiger partial charge in [-0.05, 0) is 165 Å². The van der Waals surface area contributed by atoms with E-state index < -0.39 is 18.3 Å². The van der Waals surface area contributed by atoms with Crippen molar-refractivity contribution in [3.05, 3.63) is 71.8 Å².